The summed E-state index contributed by atoms with van der Waals surface area (Å²) in [5, 5.41) is 24.9. The molecule has 0 fully saturated rings. The molecule has 12 nitrogen and oxygen atoms in total. The SMILES string of the molecule is CC(NC(=O)C(NC(=O)C(CC(=O)O)NC(=O)C(N)CCCCN)C(C)C)C(=O)O. The molecule has 0 bridgehead atoms. The number of carboxylic acids is 2. The molecule has 0 aliphatic rings. The number of rotatable bonds is 14. The van der Waals surface area contributed by atoms with E-state index in [-0.39, 0.29) is 0 Å². The molecule has 12 heteroatoms. The highest BCUT2D eigenvalue weighted by Crippen LogP contribution is 2.05. The summed E-state index contributed by atoms with van der Waals surface area (Å²) in [7, 11) is 0. The van der Waals surface area contributed by atoms with Gasteiger partial charge in [-0.05, 0) is 32.2 Å². The predicted molar refractivity (Wildman–Crippen MR) is 107 cm³/mol. The molecule has 172 valence electrons. The highest BCUT2D eigenvalue weighted by atomic mass is 16.4. The van der Waals surface area contributed by atoms with Crippen LogP contribution in [0.5, 0.6) is 0 Å². The van der Waals surface area contributed by atoms with Crippen molar-refractivity contribution in [1.82, 2.24) is 16.0 Å². The van der Waals surface area contributed by atoms with E-state index in [1.165, 1.54) is 6.92 Å². The highest BCUT2D eigenvalue weighted by molar-refractivity contribution is 5.95. The topological polar surface area (TPSA) is 214 Å². The third-order valence-corrected chi connectivity index (χ3v) is 4.29. The highest BCUT2D eigenvalue weighted by Gasteiger charge is 2.32. The van der Waals surface area contributed by atoms with Crippen LogP contribution < -0.4 is 27.4 Å². The summed E-state index contributed by atoms with van der Waals surface area (Å²) in [6, 6.07) is -4.72. The molecule has 0 aromatic carbocycles. The van der Waals surface area contributed by atoms with Crippen LogP contribution in [0.2, 0.25) is 0 Å². The number of aliphatic carboxylic acids is 2. The fourth-order valence-corrected chi connectivity index (χ4v) is 2.46. The van der Waals surface area contributed by atoms with Crippen LogP contribution in [0.15, 0.2) is 0 Å². The first-order chi connectivity index (χ1) is 13.9. The first kappa shape index (κ1) is 27.3. The molecule has 0 saturated heterocycles. The lowest BCUT2D eigenvalue weighted by molar-refractivity contribution is -0.143. The van der Waals surface area contributed by atoms with E-state index in [1.807, 2.05) is 0 Å². The zero-order valence-electron chi connectivity index (χ0n) is 17.5. The predicted octanol–water partition coefficient (Wildman–Crippen LogP) is -1.87. The van der Waals surface area contributed by atoms with E-state index >= 15 is 0 Å². The van der Waals surface area contributed by atoms with Gasteiger partial charge >= 0.3 is 11.9 Å². The Hall–Kier alpha value is -2.73. The van der Waals surface area contributed by atoms with Crippen molar-refractivity contribution in [1.29, 1.82) is 0 Å². The summed E-state index contributed by atoms with van der Waals surface area (Å²) in [4.78, 5) is 59.2. The molecule has 0 rings (SSSR count). The second-order valence-corrected chi connectivity index (χ2v) is 7.35. The van der Waals surface area contributed by atoms with Crippen molar-refractivity contribution in [2.24, 2.45) is 17.4 Å². The van der Waals surface area contributed by atoms with Crippen LogP contribution in [0, 0.1) is 5.92 Å². The fraction of sp³-hybridized carbons (Fsp3) is 0.722. The normalized spacial score (nSPS) is 14.9. The molecule has 0 spiro atoms. The molecule has 0 aliphatic heterocycles. The van der Waals surface area contributed by atoms with Gasteiger partial charge in [-0.1, -0.05) is 20.3 Å². The van der Waals surface area contributed by atoms with Gasteiger partial charge in [-0.3, -0.25) is 24.0 Å². The van der Waals surface area contributed by atoms with Gasteiger partial charge in [0.15, 0.2) is 0 Å². The van der Waals surface area contributed by atoms with Crippen molar-refractivity contribution in [2.75, 3.05) is 6.54 Å². The van der Waals surface area contributed by atoms with E-state index in [1.54, 1.807) is 13.8 Å². The zero-order chi connectivity index (χ0) is 23.4. The summed E-state index contributed by atoms with van der Waals surface area (Å²) in [5.74, 6) is -5.36. The average molecular weight is 431 g/mol. The van der Waals surface area contributed by atoms with Crippen LogP contribution >= 0.6 is 0 Å². The monoisotopic (exact) mass is 431 g/mol. The van der Waals surface area contributed by atoms with Crippen LogP contribution in [0.25, 0.3) is 0 Å². The first-order valence-corrected chi connectivity index (χ1v) is 9.72. The molecule has 4 unspecified atom stereocenters. The first-order valence-electron chi connectivity index (χ1n) is 9.72. The number of hydrogen-bond donors (Lipinski definition) is 7. The standard InChI is InChI=1S/C18H33N5O7/c1-9(2)14(17(28)21-10(3)18(29)30)23-16(27)12(8-13(24)25)22-15(26)11(20)6-4-5-7-19/h9-12,14H,4-8,19-20H2,1-3H3,(H,21,28)(H,22,26)(H,23,27)(H,24,25)(H,29,30). The van der Waals surface area contributed by atoms with E-state index < -0.39 is 66.2 Å². The molecule has 0 saturated carbocycles. The number of unbranched alkanes of at least 4 members (excludes halogenated alkanes) is 1. The van der Waals surface area contributed by atoms with Crippen LogP contribution in [0.3, 0.4) is 0 Å². The Morgan fingerprint density at radius 1 is 0.867 bits per heavy atom. The minimum absolute atomic E-state index is 0.314. The van der Waals surface area contributed by atoms with Crippen molar-refractivity contribution < 1.29 is 34.2 Å². The summed E-state index contributed by atoms with van der Waals surface area (Å²) in [6.45, 7) is 4.94. The van der Waals surface area contributed by atoms with E-state index in [9.17, 15) is 24.0 Å². The Kier molecular flexibility index (Phi) is 12.3. The quantitative estimate of drug-likeness (QED) is 0.153. The Morgan fingerprint density at radius 2 is 1.47 bits per heavy atom. The van der Waals surface area contributed by atoms with Crippen molar-refractivity contribution in [3.8, 4) is 0 Å². The molecule has 0 heterocycles. The van der Waals surface area contributed by atoms with Crippen molar-refractivity contribution in [3.05, 3.63) is 0 Å². The van der Waals surface area contributed by atoms with Gasteiger partial charge in [0, 0.05) is 0 Å². The van der Waals surface area contributed by atoms with Crippen LogP contribution in [0.1, 0.15) is 46.5 Å². The number of nitrogens with one attached hydrogen (secondary N) is 3. The summed E-state index contributed by atoms with van der Waals surface area (Å²) < 4.78 is 0. The van der Waals surface area contributed by atoms with Crippen LogP contribution in [-0.4, -0.2) is 70.6 Å². The molecule has 0 aromatic rings. The van der Waals surface area contributed by atoms with E-state index in [0.29, 0.717) is 25.8 Å². The number of carbonyl (C=O) groups excluding carboxylic acids is 3. The van der Waals surface area contributed by atoms with Gasteiger partial charge in [-0.2, -0.15) is 0 Å². The molecule has 0 radical (unpaired) electrons. The average Bonchev–Trinajstić information content (AvgIpc) is 2.64. The van der Waals surface area contributed by atoms with E-state index in [2.05, 4.69) is 16.0 Å². The lowest BCUT2D eigenvalue weighted by Crippen LogP contribution is -2.58. The van der Waals surface area contributed by atoms with Crippen LogP contribution in [0.4, 0.5) is 0 Å². The second-order valence-electron chi connectivity index (χ2n) is 7.35. The summed E-state index contributed by atoms with van der Waals surface area (Å²) in [5.41, 5.74) is 11.1. The summed E-state index contributed by atoms with van der Waals surface area (Å²) >= 11 is 0. The molecule has 0 aromatic heterocycles. The van der Waals surface area contributed by atoms with E-state index in [0.717, 1.165) is 0 Å². The largest absolute Gasteiger partial charge is 0.481 e. The third-order valence-electron chi connectivity index (χ3n) is 4.29. The maximum absolute atomic E-state index is 12.6. The lowest BCUT2D eigenvalue weighted by Gasteiger charge is -2.26. The molecule has 30 heavy (non-hydrogen) atoms. The fourth-order valence-electron chi connectivity index (χ4n) is 2.46. The Morgan fingerprint density at radius 3 is 1.93 bits per heavy atom. The van der Waals surface area contributed by atoms with Gasteiger partial charge in [-0.25, -0.2) is 0 Å². The maximum atomic E-state index is 12.6. The number of nitrogens with two attached hydrogens (primary N) is 2. The van der Waals surface area contributed by atoms with Gasteiger partial charge in [0.2, 0.25) is 17.7 Å². The lowest BCUT2D eigenvalue weighted by atomic mass is 10.0. The van der Waals surface area contributed by atoms with Crippen molar-refractivity contribution >= 4 is 29.7 Å². The Balaban J connectivity index is 5.21. The molecular formula is C18H33N5O7. The Bertz CT molecular complexity index is 626. The number of carboxylic acid groups (broad SMARTS) is 2. The molecular weight excluding hydrogens is 398 g/mol. The minimum Gasteiger partial charge on any atom is -0.481 e. The maximum Gasteiger partial charge on any atom is 0.325 e. The van der Waals surface area contributed by atoms with Gasteiger partial charge in [0.25, 0.3) is 0 Å². The smallest absolute Gasteiger partial charge is 0.325 e. The van der Waals surface area contributed by atoms with Gasteiger partial charge in [0.05, 0.1) is 12.5 Å². The van der Waals surface area contributed by atoms with Gasteiger partial charge in [-0.15, -0.1) is 0 Å². The van der Waals surface area contributed by atoms with Crippen molar-refractivity contribution in [3.63, 3.8) is 0 Å². The molecule has 4 atom stereocenters. The molecule has 9 N–H and O–H groups in total. The summed E-state index contributed by atoms with van der Waals surface area (Å²) in [6.07, 6.45) is 0.859. The number of amides is 3. The minimum atomic E-state index is -1.46. The van der Waals surface area contributed by atoms with E-state index in [4.69, 9.17) is 21.7 Å². The van der Waals surface area contributed by atoms with Crippen LogP contribution in [-0.2, 0) is 24.0 Å². The molecule has 0 aliphatic carbocycles. The van der Waals surface area contributed by atoms with Gasteiger partial charge in [0.1, 0.15) is 18.1 Å². The number of hydrogen-bond acceptors (Lipinski definition) is 7. The third kappa shape index (κ3) is 10.2. The number of carbonyl (C=O) groups is 5. The van der Waals surface area contributed by atoms with Crippen molar-refractivity contribution in [2.45, 2.75) is 70.6 Å². The van der Waals surface area contributed by atoms with Gasteiger partial charge < -0.3 is 37.6 Å². The Labute approximate surface area is 175 Å². The molecule has 3 amide bonds. The zero-order valence-corrected chi connectivity index (χ0v) is 17.5. The second kappa shape index (κ2) is 13.5.